The Morgan fingerprint density at radius 3 is 2.45 bits per heavy atom. The van der Waals surface area contributed by atoms with Crippen LogP contribution >= 0.6 is 11.6 Å². The molecule has 0 radical (unpaired) electrons. The van der Waals surface area contributed by atoms with E-state index >= 15 is 0 Å². The Kier molecular flexibility index (Phi) is 6.23. The summed E-state index contributed by atoms with van der Waals surface area (Å²) in [5.74, 6) is 0.400. The van der Waals surface area contributed by atoms with Gasteiger partial charge in [0.05, 0.1) is 12.2 Å². The van der Waals surface area contributed by atoms with Gasteiger partial charge in [-0.3, -0.25) is 9.69 Å². The zero-order valence-corrected chi connectivity index (χ0v) is 17.9. The fourth-order valence-corrected chi connectivity index (χ4v) is 4.73. The average Bonchev–Trinajstić information content (AvgIpc) is 3.47. The standard InChI is InChI=1S/C24H29ClN2O2/c1-16-13-27(14-17(2)29-16)15-19-8-4-3-7-18(19)12-26-24(28)22-11-21(22)20-9-5-6-10-23(20)25/h3-10,16-17,21-22H,11-15H2,1-2H3,(H,26,28). The molecule has 154 valence electrons. The number of amides is 1. The first-order chi connectivity index (χ1) is 14.0. The highest BCUT2D eigenvalue weighted by Crippen LogP contribution is 2.49. The Balaban J connectivity index is 1.35. The quantitative estimate of drug-likeness (QED) is 0.766. The molecule has 4 nitrogen and oxygen atoms in total. The molecule has 0 spiro atoms. The minimum atomic E-state index is 0.0306. The predicted molar refractivity (Wildman–Crippen MR) is 116 cm³/mol. The fourth-order valence-electron chi connectivity index (χ4n) is 4.46. The van der Waals surface area contributed by atoms with Crippen molar-refractivity contribution in [1.29, 1.82) is 0 Å². The summed E-state index contributed by atoms with van der Waals surface area (Å²) in [4.78, 5) is 15.1. The lowest BCUT2D eigenvalue weighted by Crippen LogP contribution is -2.45. The number of carbonyl (C=O) groups excluding carboxylic acids is 1. The molecule has 1 heterocycles. The highest BCUT2D eigenvalue weighted by molar-refractivity contribution is 6.31. The van der Waals surface area contributed by atoms with E-state index in [9.17, 15) is 4.79 Å². The van der Waals surface area contributed by atoms with Crippen molar-refractivity contribution < 1.29 is 9.53 Å². The smallest absolute Gasteiger partial charge is 0.224 e. The van der Waals surface area contributed by atoms with Crippen LogP contribution in [0, 0.1) is 5.92 Å². The molecule has 1 N–H and O–H groups in total. The maximum absolute atomic E-state index is 12.7. The maximum atomic E-state index is 12.7. The van der Waals surface area contributed by atoms with Crippen molar-refractivity contribution in [2.45, 2.75) is 51.5 Å². The number of hydrogen-bond acceptors (Lipinski definition) is 3. The summed E-state index contributed by atoms with van der Waals surface area (Å²) in [5, 5.41) is 3.91. The number of hydrogen-bond donors (Lipinski definition) is 1. The molecule has 1 aliphatic heterocycles. The lowest BCUT2D eigenvalue weighted by molar-refractivity contribution is -0.122. The van der Waals surface area contributed by atoms with E-state index in [1.54, 1.807) is 0 Å². The van der Waals surface area contributed by atoms with Crippen molar-refractivity contribution >= 4 is 17.5 Å². The van der Waals surface area contributed by atoms with Crippen LogP contribution in [-0.2, 0) is 22.6 Å². The van der Waals surface area contributed by atoms with Crippen LogP contribution in [-0.4, -0.2) is 36.1 Å². The molecule has 4 rings (SSSR count). The van der Waals surface area contributed by atoms with Crippen LogP contribution in [0.3, 0.4) is 0 Å². The molecule has 2 aromatic rings. The molecule has 5 heteroatoms. The Morgan fingerprint density at radius 2 is 1.72 bits per heavy atom. The molecule has 1 aliphatic carbocycles. The molecule has 4 atom stereocenters. The zero-order chi connectivity index (χ0) is 20.4. The van der Waals surface area contributed by atoms with Gasteiger partial charge in [-0.15, -0.1) is 0 Å². The van der Waals surface area contributed by atoms with E-state index in [4.69, 9.17) is 16.3 Å². The van der Waals surface area contributed by atoms with Gasteiger partial charge in [-0.1, -0.05) is 54.1 Å². The van der Waals surface area contributed by atoms with Crippen LogP contribution in [0.1, 0.15) is 42.9 Å². The van der Waals surface area contributed by atoms with Crippen LogP contribution in [0.15, 0.2) is 48.5 Å². The number of nitrogens with one attached hydrogen (secondary N) is 1. The summed E-state index contributed by atoms with van der Waals surface area (Å²) < 4.78 is 5.84. The van der Waals surface area contributed by atoms with Crippen molar-refractivity contribution in [1.82, 2.24) is 10.2 Å². The average molecular weight is 413 g/mol. The maximum Gasteiger partial charge on any atom is 0.224 e. The number of rotatable bonds is 6. The lowest BCUT2D eigenvalue weighted by Gasteiger charge is -2.35. The third-order valence-electron chi connectivity index (χ3n) is 5.89. The van der Waals surface area contributed by atoms with E-state index < -0.39 is 0 Å². The van der Waals surface area contributed by atoms with Gasteiger partial charge in [-0.2, -0.15) is 0 Å². The lowest BCUT2D eigenvalue weighted by atomic mass is 10.1. The molecule has 0 aromatic heterocycles. The van der Waals surface area contributed by atoms with Crippen molar-refractivity contribution in [2.75, 3.05) is 13.1 Å². The second-order valence-corrected chi connectivity index (χ2v) is 8.82. The number of ether oxygens (including phenoxy) is 1. The van der Waals surface area contributed by atoms with E-state index in [0.717, 1.165) is 36.6 Å². The van der Waals surface area contributed by atoms with Crippen LogP contribution in [0.25, 0.3) is 0 Å². The van der Waals surface area contributed by atoms with E-state index in [-0.39, 0.29) is 30.0 Å². The first kappa shape index (κ1) is 20.4. The summed E-state index contributed by atoms with van der Waals surface area (Å²) in [6, 6.07) is 16.2. The SMILES string of the molecule is CC1CN(Cc2ccccc2CNC(=O)C2CC2c2ccccc2Cl)CC(C)O1. The molecule has 1 saturated heterocycles. The van der Waals surface area contributed by atoms with Gasteiger partial charge < -0.3 is 10.1 Å². The van der Waals surface area contributed by atoms with Crippen molar-refractivity contribution in [3.63, 3.8) is 0 Å². The van der Waals surface area contributed by atoms with Crippen LogP contribution in [0.2, 0.25) is 5.02 Å². The number of benzene rings is 2. The Morgan fingerprint density at radius 1 is 1.07 bits per heavy atom. The molecule has 0 bridgehead atoms. The second-order valence-electron chi connectivity index (χ2n) is 8.41. The molecule has 2 aliphatic rings. The number of halogens is 1. The molecule has 29 heavy (non-hydrogen) atoms. The normalized spacial score (nSPS) is 26.9. The van der Waals surface area contributed by atoms with Gasteiger partial charge >= 0.3 is 0 Å². The van der Waals surface area contributed by atoms with E-state index in [0.29, 0.717) is 6.54 Å². The third-order valence-corrected chi connectivity index (χ3v) is 6.24. The van der Waals surface area contributed by atoms with Gasteiger partial charge in [0.1, 0.15) is 0 Å². The van der Waals surface area contributed by atoms with Crippen molar-refractivity contribution in [3.8, 4) is 0 Å². The minimum absolute atomic E-state index is 0.0306. The summed E-state index contributed by atoms with van der Waals surface area (Å²) in [6.07, 6.45) is 1.38. The summed E-state index contributed by atoms with van der Waals surface area (Å²) in [5.41, 5.74) is 3.54. The van der Waals surface area contributed by atoms with E-state index in [2.05, 4.69) is 42.3 Å². The predicted octanol–water partition coefficient (Wildman–Crippen LogP) is 4.37. The third kappa shape index (κ3) is 5.00. The van der Waals surface area contributed by atoms with E-state index in [1.165, 1.54) is 11.1 Å². The van der Waals surface area contributed by atoms with Gasteiger partial charge in [-0.05, 0) is 48.9 Å². The molecule has 2 fully saturated rings. The van der Waals surface area contributed by atoms with Gasteiger partial charge in [0.2, 0.25) is 5.91 Å². The van der Waals surface area contributed by atoms with Gasteiger partial charge in [0.25, 0.3) is 0 Å². The first-order valence-corrected chi connectivity index (χ1v) is 10.9. The zero-order valence-electron chi connectivity index (χ0n) is 17.1. The molecule has 2 aromatic carbocycles. The van der Waals surface area contributed by atoms with Gasteiger partial charge in [-0.25, -0.2) is 0 Å². The molecule has 4 unspecified atom stereocenters. The molecular formula is C24H29ClN2O2. The number of nitrogens with zero attached hydrogens (tertiary/aromatic N) is 1. The largest absolute Gasteiger partial charge is 0.373 e. The Labute approximate surface area is 178 Å². The summed E-state index contributed by atoms with van der Waals surface area (Å²) in [6.45, 7) is 7.57. The highest BCUT2D eigenvalue weighted by Gasteiger charge is 2.44. The summed E-state index contributed by atoms with van der Waals surface area (Å²) in [7, 11) is 0. The molecule has 1 amide bonds. The van der Waals surface area contributed by atoms with Crippen molar-refractivity contribution in [3.05, 3.63) is 70.2 Å². The first-order valence-electron chi connectivity index (χ1n) is 10.5. The molecule has 1 saturated carbocycles. The number of morpholine rings is 1. The van der Waals surface area contributed by atoms with Crippen molar-refractivity contribution in [2.24, 2.45) is 5.92 Å². The van der Waals surface area contributed by atoms with Crippen LogP contribution in [0.4, 0.5) is 0 Å². The second kappa shape index (κ2) is 8.86. The fraction of sp³-hybridized carbons (Fsp3) is 0.458. The van der Waals surface area contributed by atoms with Crippen LogP contribution < -0.4 is 5.32 Å². The Bertz CT molecular complexity index is 861. The van der Waals surface area contributed by atoms with Crippen LogP contribution in [0.5, 0.6) is 0 Å². The summed E-state index contributed by atoms with van der Waals surface area (Å²) >= 11 is 6.29. The van der Waals surface area contributed by atoms with E-state index in [1.807, 2.05) is 30.3 Å². The monoisotopic (exact) mass is 412 g/mol. The highest BCUT2D eigenvalue weighted by atomic mass is 35.5. The van der Waals surface area contributed by atoms with Gasteiger partial charge in [0, 0.05) is 37.1 Å². The topological polar surface area (TPSA) is 41.6 Å². The minimum Gasteiger partial charge on any atom is -0.373 e. The molecular weight excluding hydrogens is 384 g/mol. The Hall–Kier alpha value is -1.88. The number of carbonyl (C=O) groups is 1. The van der Waals surface area contributed by atoms with Gasteiger partial charge in [0.15, 0.2) is 0 Å².